The summed E-state index contributed by atoms with van der Waals surface area (Å²) in [5.74, 6) is 0.734. The normalized spacial score (nSPS) is 10.4. The molecule has 0 unspecified atom stereocenters. The molecule has 0 radical (unpaired) electrons. The van der Waals surface area contributed by atoms with E-state index in [2.05, 4.69) is 10.3 Å². The van der Waals surface area contributed by atoms with Gasteiger partial charge in [0.2, 0.25) is 5.95 Å². The Morgan fingerprint density at radius 2 is 2.00 bits per heavy atom. The largest absolute Gasteiger partial charge is 0.323 e. The maximum atomic E-state index is 6.06. The van der Waals surface area contributed by atoms with E-state index in [0.29, 0.717) is 15.7 Å². The zero-order chi connectivity index (χ0) is 11.5. The molecule has 0 bridgehead atoms. The van der Waals surface area contributed by atoms with E-state index in [1.54, 1.807) is 18.3 Å². The standard InChI is InChI=1S/C11H11Cl2N3/c1-2-16-7-6-14-11(16)15-10-8(12)4-3-5-9(10)13/h3-7H,2H2,1H3,(H,14,15). The summed E-state index contributed by atoms with van der Waals surface area (Å²) in [5.41, 5.74) is 0.687. The summed E-state index contributed by atoms with van der Waals surface area (Å²) < 4.78 is 1.97. The number of benzene rings is 1. The number of aryl methyl sites for hydroxylation is 1. The summed E-state index contributed by atoms with van der Waals surface area (Å²) in [5, 5.41) is 4.29. The van der Waals surface area contributed by atoms with Crippen molar-refractivity contribution in [3.63, 3.8) is 0 Å². The summed E-state index contributed by atoms with van der Waals surface area (Å²) in [6.45, 7) is 2.88. The minimum Gasteiger partial charge on any atom is -0.323 e. The van der Waals surface area contributed by atoms with Gasteiger partial charge in [0.05, 0.1) is 15.7 Å². The molecule has 1 heterocycles. The first-order valence-corrected chi connectivity index (χ1v) is 5.70. The van der Waals surface area contributed by atoms with Crippen LogP contribution in [0.1, 0.15) is 6.92 Å². The molecule has 0 spiro atoms. The molecule has 0 fully saturated rings. The van der Waals surface area contributed by atoms with Crippen LogP contribution in [-0.4, -0.2) is 9.55 Å². The van der Waals surface area contributed by atoms with Crippen LogP contribution in [0, 0.1) is 0 Å². The highest BCUT2D eigenvalue weighted by Gasteiger charge is 2.08. The van der Waals surface area contributed by atoms with Crippen LogP contribution in [-0.2, 0) is 6.54 Å². The Bertz CT molecular complexity index is 473. The van der Waals surface area contributed by atoms with E-state index in [-0.39, 0.29) is 0 Å². The number of rotatable bonds is 3. The first kappa shape index (κ1) is 11.3. The molecule has 5 heteroatoms. The van der Waals surface area contributed by atoms with Gasteiger partial charge in [0.1, 0.15) is 0 Å². The van der Waals surface area contributed by atoms with E-state index < -0.39 is 0 Å². The maximum absolute atomic E-state index is 6.06. The Labute approximate surface area is 104 Å². The monoisotopic (exact) mass is 255 g/mol. The molecule has 3 nitrogen and oxygen atoms in total. The zero-order valence-electron chi connectivity index (χ0n) is 8.74. The van der Waals surface area contributed by atoms with E-state index >= 15 is 0 Å². The Balaban J connectivity index is 2.34. The van der Waals surface area contributed by atoms with Gasteiger partial charge in [-0.05, 0) is 19.1 Å². The summed E-state index contributed by atoms with van der Waals surface area (Å²) in [4.78, 5) is 4.20. The molecule has 1 aromatic heterocycles. The molecule has 84 valence electrons. The van der Waals surface area contributed by atoms with Crippen molar-refractivity contribution in [2.24, 2.45) is 0 Å². The molecular weight excluding hydrogens is 245 g/mol. The lowest BCUT2D eigenvalue weighted by molar-refractivity contribution is 0.772. The first-order chi connectivity index (χ1) is 7.72. The number of imidazole rings is 1. The average Bonchev–Trinajstić information content (AvgIpc) is 2.71. The van der Waals surface area contributed by atoms with Crippen LogP contribution in [0.5, 0.6) is 0 Å². The van der Waals surface area contributed by atoms with Crippen LogP contribution >= 0.6 is 23.2 Å². The second kappa shape index (κ2) is 4.76. The summed E-state index contributed by atoms with van der Waals surface area (Å²) >= 11 is 12.1. The van der Waals surface area contributed by atoms with E-state index in [9.17, 15) is 0 Å². The number of hydrogen-bond acceptors (Lipinski definition) is 2. The van der Waals surface area contributed by atoms with Crippen molar-refractivity contribution in [1.29, 1.82) is 0 Å². The maximum Gasteiger partial charge on any atom is 0.207 e. The Kier molecular flexibility index (Phi) is 3.36. The van der Waals surface area contributed by atoms with E-state index in [4.69, 9.17) is 23.2 Å². The third-order valence-corrected chi connectivity index (χ3v) is 2.89. The van der Waals surface area contributed by atoms with Crippen molar-refractivity contribution in [3.8, 4) is 0 Å². The summed E-state index contributed by atoms with van der Waals surface area (Å²) in [7, 11) is 0. The van der Waals surface area contributed by atoms with E-state index in [1.165, 1.54) is 0 Å². The van der Waals surface area contributed by atoms with Crippen molar-refractivity contribution >= 4 is 34.8 Å². The molecule has 2 rings (SSSR count). The third kappa shape index (κ3) is 2.15. The smallest absolute Gasteiger partial charge is 0.207 e. The predicted octanol–water partition coefficient (Wildman–Crippen LogP) is 3.95. The van der Waals surface area contributed by atoms with Gasteiger partial charge in [0.15, 0.2) is 0 Å². The van der Waals surface area contributed by atoms with Gasteiger partial charge in [-0.3, -0.25) is 0 Å². The van der Waals surface area contributed by atoms with Crippen LogP contribution in [0.3, 0.4) is 0 Å². The Morgan fingerprint density at radius 3 is 2.62 bits per heavy atom. The number of para-hydroxylation sites is 1. The molecule has 0 saturated carbocycles. The minimum absolute atomic E-state index is 0.582. The number of hydrogen-bond donors (Lipinski definition) is 1. The van der Waals surface area contributed by atoms with Gasteiger partial charge < -0.3 is 9.88 Å². The number of nitrogens with zero attached hydrogens (tertiary/aromatic N) is 2. The molecule has 0 saturated heterocycles. The second-order valence-electron chi connectivity index (χ2n) is 3.26. The number of nitrogens with one attached hydrogen (secondary N) is 1. The van der Waals surface area contributed by atoms with E-state index in [0.717, 1.165) is 12.5 Å². The highest BCUT2D eigenvalue weighted by Crippen LogP contribution is 2.31. The molecule has 1 aromatic carbocycles. The number of halogens is 2. The second-order valence-corrected chi connectivity index (χ2v) is 4.07. The average molecular weight is 256 g/mol. The van der Waals surface area contributed by atoms with Gasteiger partial charge in [-0.1, -0.05) is 29.3 Å². The quantitative estimate of drug-likeness (QED) is 0.900. The number of aromatic nitrogens is 2. The van der Waals surface area contributed by atoms with Crippen LogP contribution in [0.4, 0.5) is 11.6 Å². The molecular formula is C11H11Cl2N3. The van der Waals surface area contributed by atoms with Gasteiger partial charge in [0.25, 0.3) is 0 Å². The van der Waals surface area contributed by atoms with Crippen molar-refractivity contribution in [3.05, 3.63) is 40.6 Å². The molecule has 2 aromatic rings. The van der Waals surface area contributed by atoms with E-state index in [1.807, 2.05) is 23.8 Å². The van der Waals surface area contributed by atoms with Crippen molar-refractivity contribution < 1.29 is 0 Å². The zero-order valence-corrected chi connectivity index (χ0v) is 10.3. The van der Waals surface area contributed by atoms with Gasteiger partial charge in [-0.15, -0.1) is 0 Å². The molecule has 0 aliphatic rings. The third-order valence-electron chi connectivity index (χ3n) is 2.26. The summed E-state index contributed by atoms with van der Waals surface area (Å²) in [6, 6.07) is 5.38. The number of anilines is 2. The fraction of sp³-hybridized carbons (Fsp3) is 0.182. The van der Waals surface area contributed by atoms with Crippen LogP contribution in [0.15, 0.2) is 30.6 Å². The van der Waals surface area contributed by atoms with Crippen LogP contribution in [0.2, 0.25) is 10.0 Å². The lowest BCUT2D eigenvalue weighted by Gasteiger charge is -2.10. The first-order valence-electron chi connectivity index (χ1n) is 4.94. The SMILES string of the molecule is CCn1ccnc1Nc1c(Cl)cccc1Cl. The predicted molar refractivity (Wildman–Crippen MR) is 67.6 cm³/mol. The minimum atomic E-state index is 0.582. The molecule has 0 atom stereocenters. The highest BCUT2D eigenvalue weighted by molar-refractivity contribution is 6.39. The van der Waals surface area contributed by atoms with Gasteiger partial charge >= 0.3 is 0 Å². The fourth-order valence-corrected chi connectivity index (χ4v) is 1.91. The molecule has 0 amide bonds. The molecule has 1 N–H and O–H groups in total. The summed E-state index contributed by atoms with van der Waals surface area (Å²) in [6.07, 6.45) is 3.63. The Hall–Kier alpha value is -1.19. The highest BCUT2D eigenvalue weighted by atomic mass is 35.5. The topological polar surface area (TPSA) is 29.9 Å². The van der Waals surface area contributed by atoms with Gasteiger partial charge in [-0.2, -0.15) is 0 Å². The molecule has 16 heavy (non-hydrogen) atoms. The molecule has 0 aliphatic carbocycles. The van der Waals surface area contributed by atoms with Crippen molar-refractivity contribution in [1.82, 2.24) is 9.55 Å². The van der Waals surface area contributed by atoms with Crippen LogP contribution in [0.25, 0.3) is 0 Å². The lowest BCUT2D eigenvalue weighted by atomic mass is 10.3. The molecule has 0 aliphatic heterocycles. The van der Waals surface area contributed by atoms with Crippen molar-refractivity contribution in [2.45, 2.75) is 13.5 Å². The Morgan fingerprint density at radius 1 is 1.31 bits per heavy atom. The fourth-order valence-electron chi connectivity index (χ4n) is 1.42. The van der Waals surface area contributed by atoms with Gasteiger partial charge in [0, 0.05) is 18.9 Å². The van der Waals surface area contributed by atoms with Crippen molar-refractivity contribution in [2.75, 3.05) is 5.32 Å². The lowest BCUT2D eigenvalue weighted by Crippen LogP contribution is -2.02. The van der Waals surface area contributed by atoms with Gasteiger partial charge in [-0.25, -0.2) is 4.98 Å². The van der Waals surface area contributed by atoms with Crippen LogP contribution < -0.4 is 5.32 Å².